The summed E-state index contributed by atoms with van der Waals surface area (Å²) in [6.45, 7) is 2.89. The zero-order valence-electron chi connectivity index (χ0n) is 72.6. The lowest BCUT2D eigenvalue weighted by atomic mass is 9.96. The number of carbonyl (C=O) groups excluding carboxylic acids is 11. The van der Waals surface area contributed by atoms with Crippen molar-refractivity contribution in [2.24, 2.45) is 5.92 Å². The molecule has 21 N–H and O–H groups in total. The molecule has 4 saturated heterocycles. The third-order valence-corrected chi connectivity index (χ3v) is 21.0. The van der Waals surface area contributed by atoms with E-state index in [4.69, 9.17) is 52.1 Å². The van der Waals surface area contributed by atoms with Crippen LogP contribution in [0.2, 0.25) is 0 Å². The van der Waals surface area contributed by atoms with Crippen molar-refractivity contribution in [3.8, 4) is 0 Å². The van der Waals surface area contributed by atoms with Crippen LogP contribution in [-0.2, 0) is 105 Å². The van der Waals surface area contributed by atoms with E-state index in [-0.39, 0.29) is 210 Å². The maximum atomic E-state index is 14.1. The van der Waals surface area contributed by atoms with E-state index in [0.717, 1.165) is 38.5 Å². The van der Waals surface area contributed by atoms with Gasteiger partial charge in [0.25, 0.3) is 0 Å². The number of rotatable bonds is 67. The topological polar surface area (TPSA) is 624 Å². The standard InChI is InChI=1S/C81H145N11O32/c1-52(96)89-69-75(111)72(108)55(44-93)47-121-78(69)118-36-16-13-23-61(100)82-30-19-33-85-65(104)27-39-115-49-81(92-68(107)26-12-10-8-6-5-7-9-11-22-64(103)88-43-56-42-57(99)60(122-56)48-114-4,50-116-40-28-66(105)86-34-20-31-83-62(101)24-14-17-37-119-79-70(90-53(2)97)76(112)73(109)58(45-94)123-79)51-117-41-29-67(106)87-35-21-32-84-63(102)25-15-18-38-120-80-71(91-54(3)98)77(113)74(110)59(46-95)124-80/h55-60,69-80,93-95,99,108-113H,5-51H2,1-4H3,(H,82,100)(H,83,101)(H,84,102)(H,85,104)(H,86,105)(H,87,106)(H,88,103)(H,89,96)(H,90,97)(H,91,98)(H,92,107)/t55?,56-,57-,58?,59?,60+,69?,70?,71?,72?,73?,74?,75?,76?,77?,78?,79?,80?,81?/m0/s1. The van der Waals surface area contributed by atoms with Crippen LogP contribution in [0.15, 0.2) is 0 Å². The molecule has 0 bridgehead atoms. The van der Waals surface area contributed by atoms with Crippen molar-refractivity contribution in [3.63, 3.8) is 0 Å². The quantitative estimate of drug-likeness (QED) is 0.0253. The molecule has 4 rings (SSSR count). The zero-order valence-corrected chi connectivity index (χ0v) is 72.6. The highest BCUT2D eigenvalue weighted by Crippen LogP contribution is 2.27. The smallest absolute Gasteiger partial charge is 0.222 e. The summed E-state index contributed by atoms with van der Waals surface area (Å²) < 4.78 is 63.3. The lowest BCUT2D eigenvalue weighted by molar-refractivity contribution is -0.270. The number of unbranched alkanes of at least 4 members (excludes halogenated alkanes) is 10. The second-order valence-electron chi connectivity index (χ2n) is 31.8. The average molecular weight is 1790 g/mol. The number of ether oxygens (including phenoxy) is 11. The van der Waals surface area contributed by atoms with E-state index in [9.17, 15) is 104 Å². The van der Waals surface area contributed by atoms with Crippen molar-refractivity contribution in [2.75, 3.05) is 145 Å². The molecule has 4 aliphatic heterocycles. The fourth-order valence-corrected chi connectivity index (χ4v) is 14.0. The predicted molar refractivity (Wildman–Crippen MR) is 440 cm³/mol. The number of hydrogen-bond acceptors (Lipinski definition) is 32. The Balaban J connectivity index is 1.30. The minimum Gasteiger partial charge on any atom is -0.396 e. The number of carbonyl (C=O) groups is 11. The molecule has 0 spiro atoms. The second-order valence-corrected chi connectivity index (χ2v) is 31.8. The van der Waals surface area contributed by atoms with E-state index in [2.05, 4.69) is 58.5 Å². The molecule has 43 heteroatoms. The highest BCUT2D eigenvalue weighted by Gasteiger charge is 2.48. The lowest BCUT2D eigenvalue weighted by Crippen LogP contribution is -2.64. The van der Waals surface area contributed by atoms with Crippen LogP contribution in [0.3, 0.4) is 0 Å². The van der Waals surface area contributed by atoms with E-state index in [1.165, 1.54) is 27.9 Å². The van der Waals surface area contributed by atoms with Crippen molar-refractivity contribution in [1.82, 2.24) is 58.5 Å². The van der Waals surface area contributed by atoms with Crippen LogP contribution in [-0.4, -0.2) is 371 Å². The first kappa shape index (κ1) is 110. The van der Waals surface area contributed by atoms with Gasteiger partial charge in [-0.25, -0.2) is 0 Å². The third kappa shape index (κ3) is 45.3. The van der Waals surface area contributed by atoms with E-state index in [1.807, 2.05) is 0 Å². The van der Waals surface area contributed by atoms with E-state index >= 15 is 0 Å². The maximum absolute atomic E-state index is 14.1. The summed E-state index contributed by atoms with van der Waals surface area (Å²) in [5.74, 6) is -4.63. The van der Waals surface area contributed by atoms with Gasteiger partial charge in [0.15, 0.2) is 18.9 Å². The molecular formula is C81H145N11O32. The Labute approximate surface area is 725 Å². The molecule has 0 aromatic heterocycles. The fraction of sp³-hybridized carbons (Fsp3) is 0.864. The molecule has 18 atom stereocenters. The summed E-state index contributed by atoms with van der Waals surface area (Å²) in [6, 6.07) is -3.31. The summed E-state index contributed by atoms with van der Waals surface area (Å²) in [7, 11) is 1.53. The highest BCUT2D eigenvalue weighted by atomic mass is 16.7. The third-order valence-electron chi connectivity index (χ3n) is 21.0. The number of amides is 11. The van der Waals surface area contributed by atoms with Crippen LogP contribution < -0.4 is 58.5 Å². The molecule has 0 saturated carbocycles. The number of aliphatic hydroxyl groups excluding tert-OH is 10. The lowest BCUT2D eigenvalue weighted by Gasteiger charge is -2.42. The normalized spacial score (nSPS) is 25.5. The molecule has 716 valence electrons. The van der Waals surface area contributed by atoms with E-state index < -0.39 is 147 Å². The van der Waals surface area contributed by atoms with Gasteiger partial charge in [0.1, 0.15) is 72.5 Å². The van der Waals surface area contributed by atoms with Crippen molar-refractivity contribution in [1.29, 1.82) is 0 Å². The predicted octanol–water partition coefficient (Wildman–Crippen LogP) is -5.25. The molecule has 0 aliphatic carbocycles. The van der Waals surface area contributed by atoms with Gasteiger partial charge in [-0.3, -0.25) is 52.7 Å². The van der Waals surface area contributed by atoms with Crippen molar-refractivity contribution < 1.29 is 156 Å². The Bertz CT molecular complexity index is 2960. The van der Waals surface area contributed by atoms with Gasteiger partial charge in [-0.15, -0.1) is 0 Å². The fourth-order valence-electron chi connectivity index (χ4n) is 14.0. The van der Waals surface area contributed by atoms with E-state index in [1.54, 1.807) is 0 Å². The van der Waals surface area contributed by atoms with Crippen LogP contribution in [0.5, 0.6) is 0 Å². The van der Waals surface area contributed by atoms with Gasteiger partial charge in [-0.1, -0.05) is 38.5 Å². The van der Waals surface area contributed by atoms with Crippen molar-refractivity contribution in [3.05, 3.63) is 0 Å². The van der Waals surface area contributed by atoms with Crippen LogP contribution in [0.1, 0.15) is 188 Å². The van der Waals surface area contributed by atoms with Crippen LogP contribution in [0, 0.1) is 5.92 Å². The Hall–Kier alpha value is -6.67. The minimum absolute atomic E-state index is 0.0726. The molecule has 4 heterocycles. The van der Waals surface area contributed by atoms with Crippen LogP contribution in [0.4, 0.5) is 0 Å². The first-order valence-electron chi connectivity index (χ1n) is 43.8. The molecule has 124 heavy (non-hydrogen) atoms. The molecule has 4 aliphatic rings. The Morgan fingerprint density at radius 2 is 0.685 bits per heavy atom. The largest absolute Gasteiger partial charge is 0.396 e. The highest BCUT2D eigenvalue weighted by molar-refractivity contribution is 5.79. The average Bonchev–Trinajstić information content (AvgIpc) is 1.48. The summed E-state index contributed by atoms with van der Waals surface area (Å²) in [5, 5.41) is 132. The first-order chi connectivity index (χ1) is 59.5. The summed E-state index contributed by atoms with van der Waals surface area (Å²) in [6.07, 6.45) is -4.89. The van der Waals surface area contributed by atoms with Gasteiger partial charge in [-0.2, -0.15) is 0 Å². The van der Waals surface area contributed by atoms with E-state index in [0.29, 0.717) is 90.0 Å². The molecule has 11 amide bonds. The SMILES string of the molecule is COC[C@H]1O[C@H](CNC(=O)CCCCCCCCCCC(=O)NC(COCCC(=O)NCCCNC(=O)CCCCOC2OCC(CO)C(O)C(O)C2NC(C)=O)(COCCC(=O)NCCCNC(=O)CCCCOC2OC(CO)C(O)C(O)C2NC(C)=O)COCCC(=O)NCCCNC(=O)CCCCOC2OC(CO)C(O)C(O)C2NC(C)=O)C[C@@H]1O. The summed E-state index contributed by atoms with van der Waals surface area (Å²) in [5.41, 5.74) is -1.44. The molecule has 15 unspecified atom stereocenters. The number of hydrogen-bond donors (Lipinski definition) is 21. The maximum Gasteiger partial charge on any atom is 0.222 e. The number of methoxy groups -OCH3 is 1. The molecule has 0 aromatic rings. The molecule has 43 nitrogen and oxygen atoms in total. The monoisotopic (exact) mass is 1780 g/mol. The Kier molecular flexibility index (Phi) is 56.7. The van der Waals surface area contributed by atoms with Gasteiger partial charge in [0.2, 0.25) is 65.0 Å². The Morgan fingerprint density at radius 3 is 1.05 bits per heavy atom. The van der Waals surface area contributed by atoms with Crippen molar-refractivity contribution in [2.45, 2.75) is 297 Å². The van der Waals surface area contributed by atoms with Crippen molar-refractivity contribution >= 4 is 65.0 Å². The number of nitrogens with one attached hydrogen (secondary N) is 11. The van der Waals surface area contributed by atoms with Gasteiger partial charge in [0.05, 0.1) is 91.0 Å². The molecule has 0 aromatic carbocycles. The van der Waals surface area contributed by atoms with Crippen LogP contribution >= 0.6 is 0 Å². The summed E-state index contributed by atoms with van der Waals surface area (Å²) in [4.78, 5) is 140. The Morgan fingerprint density at radius 1 is 0.355 bits per heavy atom. The first-order valence-corrected chi connectivity index (χ1v) is 43.8. The van der Waals surface area contributed by atoms with Crippen LogP contribution in [0.25, 0.3) is 0 Å². The zero-order chi connectivity index (χ0) is 91.0. The molecule has 4 fully saturated rings. The molecular weight excluding hydrogens is 1640 g/mol. The van der Waals surface area contributed by atoms with Gasteiger partial charge in [-0.05, 0) is 70.6 Å². The second kappa shape index (κ2) is 64.1. The number of aliphatic hydroxyl groups is 10. The molecule has 0 radical (unpaired) electrons. The van der Waals surface area contributed by atoms with Gasteiger partial charge in [0, 0.05) is 157 Å². The minimum atomic E-state index is -1.48. The van der Waals surface area contributed by atoms with Gasteiger partial charge >= 0.3 is 0 Å². The van der Waals surface area contributed by atoms with Gasteiger partial charge < -0.3 is 162 Å². The summed E-state index contributed by atoms with van der Waals surface area (Å²) >= 11 is 0.